The van der Waals surface area contributed by atoms with Crippen molar-refractivity contribution in [3.05, 3.63) is 65.4 Å². The summed E-state index contributed by atoms with van der Waals surface area (Å²) in [6.45, 7) is 3.84. The minimum atomic E-state index is -4.46. The van der Waals surface area contributed by atoms with Crippen LogP contribution in [0, 0.1) is 0 Å². The molecule has 0 aliphatic carbocycles. The number of para-hydroxylation sites is 1. The fraction of sp³-hybridized carbons (Fsp3) is 0.238. The SMILES string of the molecule is CCOC(=O)c1cnc2c(CC)cccc2c1Nc1cccc(C(F)(F)F)c1. The molecule has 0 fully saturated rings. The Hall–Kier alpha value is -3.09. The Bertz CT molecular complexity index is 1020. The molecular weight excluding hydrogens is 369 g/mol. The molecule has 0 saturated heterocycles. The van der Waals surface area contributed by atoms with E-state index in [1.165, 1.54) is 18.3 Å². The lowest BCUT2D eigenvalue weighted by molar-refractivity contribution is -0.137. The lowest BCUT2D eigenvalue weighted by Gasteiger charge is -2.16. The average Bonchev–Trinajstić information content (AvgIpc) is 2.67. The number of pyridine rings is 1. The van der Waals surface area contributed by atoms with Crippen molar-refractivity contribution in [2.45, 2.75) is 26.4 Å². The van der Waals surface area contributed by atoms with Crippen molar-refractivity contribution in [3.8, 4) is 0 Å². The Morgan fingerprint density at radius 2 is 1.89 bits per heavy atom. The second kappa shape index (κ2) is 7.88. The summed E-state index contributed by atoms with van der Waals surface area (Å²) in [6, 6.07) is 10.4. The Balaban J connectivity index is 2.17. The zero-order valence-corrected chi connectivity index (χ0v) is 15.4. The van der Waals surface area contributed by atoms with E-state index in [1.54, 1.807) is 13.0 Å². The molecule has 1 heterocycles. The van der Waals surface area contributed by atoms with E-state index in [4.69, 9.17) is 4.74 Å². The molecule has 0 aliphatic rings. The average molecular weight is 388 g/mol. The monoisotopic (exact) mass is 388 g/mol. The number of carbonyl (C=O) groups excluding carboxylic acids is 1. The maximum atomic E-state index is 13.1. The molecule has 7 heteroatoms. The van der Waals surface area contributed by atoms with Crippen LogP contribution in [0.4, 0.5) is 24.5 Å². The largest absolute Gasteiger partial charge is 0.462 e. The van der Waals surface area contributed by atoms with Crippen LogP contribution in [-0.2, 0) is 17.3 Å². The summed E-state index contributed by atoms with van der Waals surface area (Å²) in [5.74, 6) is -0.590. The van der Waals surface area contributed by atoms with Crippen molar-refractivity contribution in [2.24, 2.45) is 0 Å². The predicted octanol–water partition coefficient (Wildman–Crippen LogP) is 5.74. The van der Waals surface area contributed by atoms with Crippen LogP contribution < -0.4 is 5.32 Å². The number of fused-ring (bicyclic) bond motifs is 1. The molecule has 3 aromatic rings. The molecule has 0 amide bonds. The molecule has 0 saturated carbocycles. The number of nitrogens with one attached hydrogen (secondary N) is 1. The third-order valence-electron chi connectivity index (χ3n) is 4.32. The van der Waals surface area contributed by atoms with E-state index >= 15 is 0 Å². The third kappa shape index (κ3) is 3.93. The quantitative estimate of drug-likeness (QED) is 0.567. The number of alkyl halides is 3. The first-order valence-corrected chi connectivity index (χ1v) is 8.87. The van der Waals surface area contributed by atoms with Crippen LogP contribution in [0.25, 0.3) is 10.9 Å². The number of aromatic nitrogens is 1. The van der Waals surface area contributed by atoms with Crippen LogP contribution in [0.15, 0.2) is 48.7 Å². The van der Waals surface area contributed by atoms with Crippen LogP contribution in [0.5, 0.6) is 0 Å². The van der Waals surface area contributed by atoms with Gasteiger partial charge in [-0.15, -0.1) is 0 Å². The van der Waals surface area contributed by atoms with Gasteiger partial charge in [-0.2, -0.15) is 13.2 Å². The highest BCUT2D eigenvalue weighted by molar-refractivity contribution is 6.06. The van der Waals surface area contributed by atoms with Crippen molar-refractivity contribution in [1.29, 1.82) is 0 Å². The molecular formula is C21H19F3N2O2. The van der Waals surface area contributed by atoms with Crippen LogP contribution in [0.1, 0.15) is 35.3 Å². The summed E-state index contributed by atoms with van der Waals surface area (Å²) in [4.78, 5) is 16.8. The number of benzene rings is 2. The lowest BCUT2D eigenvalue weighted by atomic mass is 10.0. The minimum absolute atomic E-state index is 0.167. The Morgan fingerprint density at radius 1 is 1.14 bits per heavy atom. The van der Waals surface area contributed by atoms with Gasteiger partial charge in [-0.1, -0.05) is 31.2 Å². The first-order chi connectivity index (χ1) is 13.3. The molecule has 0 spiro atoms. The maximum Gasteiger partial charge on any atom is 0.416 e. The van der Waals surface area contributed by atoms with Gasteiger partial charge in [0.1, 0.15) is 5.56 Å². The molecule has 1 aromatic heterocycles. The van der Waals surface area contributed by atoms with Gasteiger partial charge in [0.2, 0.25) is 0 Å². The zero-order valence-electron chi connectivity index (χ0n) is 15.4. The van der Waals surface area contributed by atoms with Crippen LogP contribution in [0.3, 0.4) is 0 Å². The highest BCUT2D eigenvalue weighted by Gasteiger charge is 2.30. The number of rotatable bonds is 5. The van der Waals surface area contributed by atoms with Crippen molar-refractivity contribution in [3.63, 3.8) is 0 Å². The number of hydrogen-bond acceptors (Lipinski definition) is 4. The van der Waals surface area contributed by atoms with E-state index in [0.717, 1.165) is 24.1 Å². The smallest absolute Gasteiger partial charge is 0.416 e. The van der Waals surface area contributed by atoms with Gasteiger partial charge in [-0.05, 0) is 37.1 Å². The van der Waals surface area contributed by atoms with Gasteiger partial charge in [0.25, 0.3) is 0 Å². The molecule has 3 rings (SSSR count). The number of aryl methyl sites for hydroxylation is 1. The molecule has 28 heavy (non-hydrogen) atoms. The minimum Gasteiger partial charge on any atom is -0.462 e. The summed E-state index contributed by atoms with van der Waals surface area (Å²) in [5.41, 5.74) is 1.64. The predicted molar refractivity (Wildman–Crippen MR) is 102 cm³/mol. The van der Waals surface area contributed by atoms with E-state index in [-0.39, 0.29) is 17.9 Å². The molecule has 2 aromatic carbocycles. The molecule has 0 unspecified atom stereocenters. The number of anilines is 2. The summed E-state index contributed by atoms with van der Waals surface area (Å²) in [7, 11) is 0. The standard InChI is InChI=1S/C21H19F3N2O2/c1-3-13-7-5-10-16-18(13)25-12-17(20(27)28-4-2)19(16)26-15-9-6-8-14(11-15)21(22,23)24/h5-12H,3-4H2,1-2H3,(H,25,26). The van der Waals surface area contributed by atoms with Gasteiger partial charge in [-0.25, -0.2) is 4.79 Å². The van der Waals surface area contributed by atoms with Crippen molar-refractivity contribution in [2.75, 3.05) is 11.9 Å². The van der Waals surface area contributed by atoms with Crippen molar-refractivity contribution < 1.29 is 22.7 Å². The molecule has 1 N–H and O–H groups in total. The second-order valence-corrected chi connectivity index (χ2v) is 6.14. The number of carbonyl (C=O) groups is 1. The summed E-state index contributed by atoms with van der Waals surface area (Å²) < 4.78 is 44.3. The van der Waals surface area contributed by atoms with E-state index in [2.05, 4.69) is 10.3 Å². The fourth-order valence-electron chi connectivity index (χ4n) is 2.99. The number of halogens is 3. The van der Waals surface area contributed by atoms with E-state index in [1.807, 2.05) is 19.1 Å². The molecule has 4 nitrogen and oxygen atoms in total. The first-order valence-electron chi connectivity index (χ1n) is 8.87. The van der Waals surface area contributed by atoms with E-state index in [9.17, 15) is 18.0 Å². The maximum absolute atomic E-state index is 13.1. The molecule has 0 atom stereocenters. The molecule has 0 radical (unpaired) electrons. The highest BCUT2D eigenvalue weighted by Crippen LogP contribution is 2.34. The first kappa shape index (κ1) is 19.7. The summed E-state index contributed by atoms with van der Waals surface area (Å²) in [6.07, 6.45) is -2.33. The number of hydrogen-bond donors (Lipinski definition) is 1. The highest BCUT2D eigenvalue weighted by atomic mass is 19.4. The Kier molecular flexibility index (Phi) is 5.53. The number of ether oxygens (including phenoxy) is 1. The third-order valence-corrected chi connectivity index (χ3v) is 4.32. The van der Waals surface area contributed by atoms with Gasteiger partial charge in [-0.3, -0.25) is 4.98 Å². The van der Waals surface area contributed by atoms with Crippen LogP contribution >= 0.6 is 0 Å². The van der Waals surface area contributed by atoms with Crippen LogP contribution in [-0.4, -0.2) is 17.6 Å². The molecule has 146 valence electrons. The number of esters is 1. The van der Waals surface area contributed by atoms with Crippen molar-refractivity contribution >= 4 is 28.2 Å². The van der Waals surface area contributed by atoms with Gasteiger partial charge in [0.05, 0.1) is 23.4 Å². The fourth-order valence-corrected chi connectivity index (χ4v) is 2.99. The van der Waals surface area contributed by atoms with E-state index in [0.29, 0.717) is 16.6 Å². The molecule has 0 aliphatic heterocycles. The molecule has 0 bridgehead atoms. The second-order valence-electron chi connectivity index (χ2n) is 6.14. The topological polar surface area (TPSA) is 51.2 Å². The summed E-state index contributed by atoms with van der Waals surface area (Å²) >= 11 is 0. The lowest BCUT2D eigenvalue weighted by Crippen LogP contribution is -2.10. The Labute approximate surface area is 160 Å². The summed E-state index contributed by atoms with van der Waals surface area (Å²) in [5, 5.41) is 3.62. The van der Waals surface area contributed by atoms with Gasteiger partial charge < -0.3 is 10.1 Å². The Morgan fingerprint density at radius 3 is 2.57 bits per heavy atom. The van der Waals surface area contributed by atoms with Crippen LogP contribution in [0.2, 0.25) is 0 Å². The normalized spacial score (nSPS) is 11.5. The van der Waals surface area contributed by atoms with Crippen molar-refractivity contribution in [1.82, 2.24) is 4.98 Å². The van der Waals surface area contributed by atoms with Gasteiger partial charge in [0.15, 0.2) is 0 Å². The number of nitrogens with zero attached hydrogens (tertiary/aromatic N) is 1. The zero-order chi connectivity index (χ0) is 20.3. The van der Waals surface area contributed by atoms with Gasteiger partial charge in [0, 0.05) is 17.3 Å². The van der Waals surface area contributed by atoms with E-state index < -0.39 is 17.7 Å². The van der Waals surface area contributed by atoms with Gasteiger partial charge >= 0.3 is 12.1 Å².